The van der Waals surface area contributed by atoms with Gasteiger partial charge in [0.25, 0.3) is 0 Å². The highest BCUT2D eigenvalue weighted by Gasteiger charge is 2.18. The Morgan fingerprint density at radius 3 is 2.65 bits per heavy atom. The zero-order valence-corrected chi connectivity index (χ0v) is 15.8. The Morgan fingerprint density at radius 1 is 1.15 bits per heavy atom. The van der Waals surface area contributed by atoms with Crippen molar-refractivity contribution < 1.29 is 9.47 Å². The van der Waals surface area contributed by atoms with Crippen molar-refractivity contribution in [1.82, 2.24) is 9.97 Å². The van der Waals surface area contributed by atoms with Gasteiger partial charge in [-0.15, -0.1) is 11.6 Å². The summed E-state index contributed by atoms with van der Waals surface area (Å²) in [5.41, 5.74) is 0.922. The third-order valence-corrected chi connectivity index (χ3v) is 4.70. The number of rotatable bonds is 8. The van der Waals surface area contributed by atoms with E-state index in [1.807, 2.05) is 30.3 Å². The summed E-state index contributed by atoms with van der Waals surface area (Å²) in [6, 6.07) is 9.73. The largest absolute Gasteiger partial charge is 0.494 e. The van der Waals surface area contributed by atoms with Gasteiger partial charge in [0, 0.05) is 50.5 Å². The van der Waals surface area contributed by atoms with E-state index in [9.17, 15) is 0 Å². The number of hydrogen-bond acceptors (Lipinski definition) is 6. The van der Waals surface area contributed by atoms with E-state index in [1.54, 1.807) is 13.3 Å². The van der Waals surface area contributed by atoms with Crippen molar-refractivity contribution in [3.63, 3.8) is 0 Å². The number of anilines is 3. The first-order chi connectivity index (χ1) is 12.7. The Balaban J connectivity index is 1.56. The molecule has 0 spiro atoms. The average molecular weight is 377 g/mol. The highest BCUT2D eigenvalue weighted by atomic mass is 35.5. The smallest absolute Gasteiger partial charge is 0.229 e. The molecule has 1 fully saturated rings. The Labute approximate surface area is 159 Å². The third kappa shape index (κ3) is 5.47. The summed E-state index contributed by atoms with van der Waals surface area (Å²) in [5.74, 6) is 2.36. The van der Waals surface area contributed by atoms with E-state index in [4.69, 9.17) is 21.1 Å². The van der Waals surface area contributed by atoms with E-state index in [0.717, 1.165) is 49.6 Å². The molecule has 0 bridgehead atoms. The minimum absolute atomic E-state index is 0.279. The average Bonchev–Trinajstić information content (AvgIpc) is 2.67. The van der Waals surface area contributed by atoms with Crippen LogP contribution in [0.3, 0.4) is 0 Å². The molecule has 1 aliphatic rings. The van der Waals surface area contributed by atoms with Crippen LogP contribution in [0.5, 0.6) is 5.75 Å². The van der Waals surface area contributed by atoms with Gasteiger partial charge in [0.15, 0.2) is 0 Å². The normalized spacial score (nSPS) is 15.1. The van der Waals surface area contributed by atoms with E-state index in [-0.39, 0.29) is 5.38 Å². The lowest BCUT2D eigenvalue weighted by molar-refractivity contribution is 0.172. The predicted molar refractivity (Wildman–Crippen MR) is 105 cm³/mol. The maximum absolute atomic E-state index is 6.18. The van der Waals surface area contributed by atoms with Crippen LogP contribution in [0.2, 0.25) is 0 Å². The van der Waals surface area contributed by atoms with Crippen molar-refractivity contribution in [2.45, 2.75) is 24.6 Å². The molecule has 1 N–H and O–H groups in total. The minimum Gasteiger partial charge on any atom is -0.494 e. The summed E-state index contributed by atoms with van der Waals surface area (Å²) < 4.78 is 10.7. The summed E-state index contributed by atoms with van der Waals surface area (Å²) >= 11 is 6.18. The number of methoxy groups -OCH3 is 1. The van der Waals surface area contributed by atoms with Crippen molar-refractivity contribution in [3.8, 4) is 5.75 Å². The van der Waals surface area contributed by atoms with Crippen LogP contribution in [-0.4, -0.2) is 48.8 Å². The lowest BCUT2D eigenvalue weighted by Gasteiger charge is -2.30. The van der Waals surface area contributed by atoms with Gasteiger partial charge in [-0.3, -0.25) is 0 Å². The van der Waals surface area contributed by atoms with Gasteiger partial charge in [-0.05, 0) is 43.2 Å². The lowest BCUT2D eigenvalue weighted by Crippen LogP contribution is -2.34. The molecule has 0 radical (unpaired) electrons. The van der Waals surface area contributed by atoms with E-state index in [0.29, 0.717) is 19.2 Å². The Bertz CT molecular complexity index is 675. The topological polar surface area (TPSA) is 59.5 Å². The molecule has 140 valence electrons. The fourth-order valence-electron chi connectivity index (χ4n) is 2.82. The quantitative estimate of drug-likeness (QED) is 0.558. The first-order valence-electron chi connectivity index (χ1n) is 8.95. The van der Waals surface area contributed by atoms with Gasteiger partial charge in [-0.2, -0.15) is 4.98 Å². The maximum atomic E-state index is 6.18. The SMILES string of the molecule is COCCCOc1ccc(Nc2nccc(N3CCC(Cl)CC3)n2)cc1. The summed E-state index contributed by atoms with van der Waals surface area (Å²) in [6.07, 6.45) is 4.63. The molecular formula is C19H25ClN4O2. The van der Waals surface area contributed by atoms with Gasteiger partial charge in [0.1, 0.15) is 11.6 Å². The second-order valence-electron chi connectivity index (χ2n) is 6.24. The molecule has 2 heterocycles. The molecule has 1 aromatic carbocycles. The van der Waals surface area contributed by atoms with Gasteiger partial charge in [0.05, 0.1) is 6.61 Å². The van der Waals surface area contributed by atoms with Crippen LogP contribution in [0.1, 0.15) is 19.3 Å². The molecule has 0 saturated carbocycles. The molecule has 0 atom stereocenters. The molecule has 6 nitrogen and oxygen atoms in total. The molecule has 0 amide bonds. The molecule has 26 heavy (non-hydrogen) atoms. The van der Waals surface area contributed by atoms with Crippen LogP contribution >= 0.6 is 11.6 Å². The highest BCUT2D eigenvalue weighted by molar-refractivity contribution is 6.20. The van der Waals surface area contributed by atoms with E-state index in [2.05, 4.69) is 20.2 Å². The van der Waals surface area contributed by atoms with Crippen LogP contribution in [-0.2, 0) is 4.74 Å². The van der Waals surface area contributed by atoms with Gasteiger partial charge in [0.2, 0.25) is 5.95 Å². The fourth-order valence-corrected chi connectivity index (χ4v) is 3.01. The number of ether oxygens (including phenoxy) is 2. The second kappa shape index (κ2) is 9.59. The van der Waals surface area contributed by atoms with Crippen LogP contribution in [0.15, 0.2) is 36.5 Å². The van der Waals surface area contributed by atoms with E-state index < -0.39 is 0 Å². The van der Waals surface area contributed by atoms with Crippen molar-refractivity contribution in [1.29, 1.82) is 0 Å². The molecule has 0 aliphatic carbocycles. The fraction of sp³-hybridized carbons (Fsp3) is 0.474. The molecule has 1 saturated heterocycles. The number of aromatic nitrogens is 2. The van der Waals surface area contributed by atoms with Crippen LogP contribution in [0.4, 0.5) is 17.5 Å². The molecular weight excluding hydrogens is 352 g/mol. The zero-order chi connectivity index (χ0) is 18.2. The van der Waals surface area contributed by atoms with Crippen LogP contribution < -0.4 is 15.0 Å². The van der Waals surface area contributed by atoms with E-state index in [1.165, 1.54) is 0 Å². The third-order valence-electron chi connectivity index (χ3n) is 4.26. The number of nitrogens with one attached hydrogen (secondary N) is 1. The summed E-state index contributed by atoms with van der Waals surface area (Å²) in [7, 11) is 1.69. The number of nitrogens with zero attached hydrogens (tertiary/aromatic N) is 3. The summed E-state index contributed by atoms with van der Waals surface area (Å²) in [5, 5.41) is 3.52. The molecule has 0 unspecified atom stereocenters. The molecule has 1 aliphatic heterocycles. The van der Waals surface area contributed by atoms with Crippen molar-refractivity contribution >= 4 is 29.1 Å². The van der Waals surface area contributed by atoms with Crippen molar-refractivity contribution in [3.05, 3.63) is 36.5 Å². The zero-order valence-electron chi connectivity index (χ0n) is 15.0. The molecule has 7 heteroatoms. The molecule has 2 aromatic rings. The molecule has 3 rings (SSSR count). The van der Waals surface area contributed by atoms with Gasteiger partial charge < -0.3 is 19.7 Å². The van der Waals surface area contributed by atoms with Gasteiger partial charge in [-0.1, -0.05) is 0 Å². The van der Waals surface area contributed by atoms with E-state index >= 15 is 0 Å². The predicted octanol–water partition coefficient (Wildman–Crippen LogP) is 3.84. The standard InChI is InChI=1S/C19H25ClN4O2/c1-25-13-2-14-26-17-5-3-16(4-6-17)22-19-21-10-7-18(23-19)24-11-8-15(20)9-12-24/h3-7,10,15H,2,8-9,11-14H2,1H3,(H,21,22,23). The van der Waals surface area contributed by atoms with Crippen LogP contribution in [0.25, 0.3) is 0 Å². The monoisotopic (exact) mass is 376 g/mol. The Morgan fingerprint density at radius 2 is 1.92 bits per heavy atom. The highest BCUT2D eigenvalue weighted by Crippen LogP contribution is 2.23. The van der Waals surface area contributed by atoms with Crippen molar-refractivity contribution in [2.75, 3.05) is 43.6 Å². The first kappa shape index (κ1) is 18.7. The lowest BCUT2D eigenvalue weighted by atomic mass is 10.1. The van der Waals surface area contributed by atoms with Crippen LogP contribution in [0, 0.1) is 0 Å². The van der Waals surface area contributed by atoms with Gasteiger partial charge >= 0.3 is 0 Å². The Kier molecular flexibility index (Phi) is 6.91. The summed E-state index contributed by atoms with van der Waals surface area (Å²) in [4.78, 5) is 11.2. The number of halogens is 1. The second-order valence-corrected chi connectivity index (χ2v) is 6.86. The minimum atomic E-state index is 0.279. The number of hydrogen-bond donors (Lipinski definition) is 1. The molecule has 1 aromatic heterocycles. The van der Waals surface area contributed by atoms with Gasteiger partial charge in [-0.25, -0.2) is 4.98 Å². The number of piperidine rings is 1. The summed E-state index contributed by atoms with van der Waals surface area (Å²) in [6.45, 7) is 3.21. The maximum Gasteiger partial charge on any atom is 0.229 e. The first-order valence-corrected chi connectivity index (χ1v) is 9.39. The van der Waals surface area contributed by atoms with Crippen molar-refractivity contribution in [2.24, 2.45) is 0 Å². The number of benzene rings is 1. The number of alkyl halides is 1. The Hall–Kier alpha value is -2.05.